The smallest absolute Gasteiger partial charge is 0.337 e. The van der Waals surface area contributed by atoms with Crippen molar-refractivity contribution in [2.24, 2.45) is 5.92 Å². The number of hydrogen-bond donors (Lipinski definition) is 2. The van der Waals surface area contributed by atoms with Gasteiger partial charge in [0.25, 0.3) is 0 Å². The molecule has 3 N–H and O–H groups in total. The third kappa shape index (κ3) is 3.89. The topological polar surface area (TPSA) is 66.6 Å². The molecule has 112 valence electrons. The molecule has 0 unspecified atom stereocenters. The van der Waals surface area contributed by atoms with E-state index < -0.39 is 5.97 Å². The Morgan fingerprint density at radius 1 is 1.30 bits per heavy atom. The fraction of sp³-hybridized carbons (Fsp3) is 0.562. The molecule has 20 heavy (non-hydrogen) atoms. The molecule has 0 saturated carbocycles. The Morgan fingerprint density at radius 3 is 2.35 bits per heavy atom. The van der Waals surface area contributed by atoms with Crippen LogP contribution >= 0.6 is 0 Å². The maximum atomic E-state index is 11.2. The third-order valence-electron chi connectivity index (χ3n) is 3.54. The van der Waals surface area contributed by atoms with Gasteiger partial charge in [0.2, 0.25) is 0 Å². The van der Waals surface area contributed by atoms with E-state index in [4.69, 9.17) is 5.73 Å². The number of benzene rings is 1. The van der Waals surface area contributed by atoms with Gasteiger partial charge in [-0.3, -0.25) is 0 Å². The predicted molar refractivity (Wildman–Crippen MR) is 84.4 cm³/mol. The van der Waals surface area contributed by atoms with Crippen LogP contribution in [0.5, 0.6) is 0 Å². The number of hydrogen-bond acceptors (Lipinski definition) is 3. The summed E-state index contributed by atoms with van der Waals surface area (Å²) in [5.74, 6) is -0.458. The maximum absolute atomic E-state index is 11.2. The Kier molecular flexibility index (Phi) is 5.86. The molecule has 0 fully saturated rings. The Morgan fingerprint density at radius 2 is 1.90 bits per heavy atom. The van der Waals surface area contributed by atoms with Crippen molar-refractivity contribution in [3.8, 4) is 0 Å². The van der Waals surface area contributed by atoms with Gasteiger partial charge in [-0.15, -0.1) is 0 Å². The summed E-state index contributed by atoms with van der Waals surface area (Å²) < 4.78 is 0. The minimum Gasteiger partial charge on any atom is -0.478 e. The van der Waals surface area contributed by atoms with Crippen LogP contribution in [0.15, 0.2) is 18.2 Å². The SMILES string of the molecule is CCC(CC)N(CC(C)C)c1ccc(N)c(C(=O)O)c1. The summed E-state index contributed by atoms with van der Waals surface area (Å²) in [5, 5.41) is 9.21. The predicted octanol–water partition coefficient (Wildman–Crippen LogP) is 3.62. The molecule has 0 aliphatic heterocycles. The van der Waals surface area contributed by atoms with Gasteiger partial charge >= 0.3 is 5.97 Å². The van der Waals surface area contributed by atoms with Crippen LogP contribution in [0.3, 0.4) is 0 Å². The summed E-state index contributed by atoms with van der Waals surface area (Å²) in [4.78, 5) is 13.5. The monoisotopic (exact) mass is 278 g/mol. The number of carboxylic acids is 1. The minimum atomic E-state index is -0.974. The van der Waals surface area contributed by atoms with Crippen LogP contribution in [-0.4, -0.2) is 23.7 Å². The molecule has 1 rings (SSSR count). The zero-order chi connectivity index (χ0) is 15.3. The highest BCUT2D eigenvalue weighted by Crippen LogP contribution is 2.26. The zero-order valence-corrected chi connectivity index (χ0v) is 12.9. The van der Waals surface area contributed by atoms with Crippen LogP contribution in [0.4, 0.5) is 11.4 Å². The summed E-state index contributed by atoms with van der Waals surface area (Å²) >= 11 is 0. The van der Waals surface area contributed by atoms with Crippen molar-refractivity contribution in [1.82, 2.24) is 0 Å². The highest BCUT2D eigenvalue weighted by Gasteiger charge is 2.19. The van der Waals surface area contributed by atoms with Crippen LogP contribution in [0.2, 0.25) is 0 Å². The van der Waals surface area contributed by atoms with Crippen molar-refractivity contribution >= 4 is 17.3 Å². The van der Waals surface area contributed by atoms with E-state index in [2.05, 4.69) is 32.6 Å². The lowest BCUT2D eigenvalue weighted by Crippen LogP contribution is -2.37. The van der Waals surface area contributed by atoms with Gasteiger partial charge in [-0.25, -0.2) is 4.79 Å². The quantitative estimate of drug-likeness (QED) is 0.748. The average molecular weight is 278 g/mol. The third-order valence-corrected chi connectivity index (χ3v) is 3.54. The van der Waals surface area contributed by atoms with Crippen LogP contribution in [0.25, 0.3) is 0 Å². The Hall–Kier alpha value is -1.71. The number of nitrogens with zero attached hydrogens (tertiary/aromatic N) is 1. The van der Waals surface area contributed by atoms with Gasteiger partial charge in [-0.05, 0) is 37.0 Å². The first-order valence-electron chi connectivity index (χ1n) is 7.30. The Balaban J connectivity index is 3.19. The number of carboxylic acid groups (broad SMARTS) is 1. The number of anilines is 2. The molecule has 0 aromatic heterocycles. The molecule has 4 nitrogen and oxygen atoms in total. The Labute approximate surface area is 121 Å². The first-order chi connectivity index (χ1) is 9.40. The number of aromatic carboxylic acids is 1. The van der Waals surface area contributed by atoms with E-state index in [0.717, 1.165) is 25.1 Å². The van der Waals surface area contributed by atoms with Crippen LogP contribution in [-0.2, 0) is 0 Å². The van der Waals surface area contributed by atoms with Crippen LogP contribution in [0, 0.1) is 5.92 Å². The average Bonchev–Trinajstić information content (AvgIpc) is 2.38. The van der Waals surface area contributed by atoms with Crippen molar-refractivity contribution in [1.29, 1.82) is 0 Å². The summed E-state index contributed by atoms with van der Waals surface area (Å²) in [5.41, 5.74) is 7.17. The van der Waals surface area contributed by atoms with E-state index in [-0.39, 0.29) is 5.56 Å². The number of nitrogen functional groups attached to an aromatic ring is 1. The molecule has 1 aromatic rings. The van der Waals surface area contributed by atoms with Gasteiger partial charge in [0.05, 0.1) is 5.56 Å². The molecule has 0 aliphatic carbocycles. The van der Waals surface area contributed by atoms with Crippen molar-refractivity contribution in [2.75, 3.05) is 17.2 Å². The highest BCUT2D eigenvalue weighted by molar-refractivity contribution is 5.94. The van der Waals surface area contributed by atoms with Gasteiger partial charge in [0.15, 0.2) is 0 Å². The van der Waals surface area contributed by atoms with Crippen molar-refractivity contribution in [2.45, 2.75) is 46.6 Å². The van der Waals surface area contributed by atoms with E-state index >= 15 is 0 Å². The summed E-state index contributed by atoms with van der Waals surface area (Å²) in [7, 11) is 0. The fourth-order valence-electron chi connectivity index (χ4n) is 2.50. The van der Waals surface area contributed by atoms with E-state index in [1.54, 1.807) is 12.1 Å². The fourth-order valence-corrected chi connectivity index (χ4v) is 2.50. The number of rotatable bonds is 7. The minimum absolute atomic E-state index is 0.183. The molecular weight excluding hydrogens is 252 g/mol. The number of nitrogens with two attached hydrogens (primary N) is 1. The first kappa shape index (κ1) is 16.3. The second-order valence-corrected chi connectivity index (χ2v) is 5.59. The molecule has 0 radical (unpaired) electrons. The Bertz CT molecular complexity index is 454. The molecule has 0 saturated heterocycles. The second kappa shape index (κ2) is 7.17. The zero-order valence-electron chi connectivity index (χ0n) is 12.9. The second-order valence-electron chi connectivity index (χ2n) is 5.59. The maximum Gasteiger partial charge on any atom is 0.337 e. The lowest BCUT2D eigenvalue weighted by molar-refractivity contribution is 0.0698. The van der Waals surface area contributed by atoms with Crippen LogP contribution < -0.4 is 10.6 Å². The molecule has 0 heterocycles. The van der Waals surface area contributed by atoms with Crippen LogP contribution in [0.1, 0.15) is 50.9 Å². The van der Waals surface area contributed by atoms with Gasteiger partial charge in [-0.1, -0.05) is 27.7 Å². The number of carbonyl (C=O) groups is 1. The van der Waals surface area contributed by atoms with Crippen molar-refractivity contribution in [3.63, 3.8) is 0 Å². The van der Waals surface area contributed by atoms with Gasteiger partial charge < -0.3 is 15.7 Å². The highest BCUT2D eigenvalue weighted by atomic mass is 16.4. The molecule has 0 aliphatic rings. The summed E-state index contributed by atoms with van der Waals surface area (Å²) in [6.45, 7) is 9.58. The van der Waals surface area contributed by atoms with Crippen molar-refractivity contribution in [3.05, 3.63) is 23.8 Å². The van der Waals surface area contributed by atoms with Gasteiger partial charge in [0.1, 0.15) is 0 Å². The largest absolute Gasteiger partial charge is 0.478 e. The molecular formula is C16H26N2O2. The van der Waals surface area contributed by atoms with Crippen molar-refractivity contribution < 1.29 is 9.90 Å². The summed E-state index contributed by atoms with van der Waals surface area (Å²) in [6.07, 6.45) is 2.08. The first-order valence-corrected chi connectivity index (χ1v) is 7.30. The van der Waals surface area contributed by atoms with E-state index in [9.17, 15) is 9.90 Å². The van der Waals surface area contributed by atoms with E-state index in [1.807, 2.05) is 6.07 Å². The molecule has 1 aromatic carbocycles. The normalized spacial score (nSPS) is 11.1. The molecule has 0 spiro atoms. The molecule has 4 heteroatoms. The van der Waals surface area contributed by atoms with E-state index in [0.29, 0.717) is 17.6 Å². The van der Waals surface area contributed by atoms with Gasteiger partial charge in [-0.2, -0.15) is 0 Å². The lowest BCUT2D eigenvalue weighted by Gasteiger charge is -2.34. The standard InChI is InChI=1S/C16H26N2O2/c1-5-12(6-2)18(10-11(3)4)13-7-8-15(17)14(9-13)16(19)20/h7-9,11-12H,5-6,10,17H2,1-4H3,(H,19,20). The summed E-state index contributed by atoms with van der Waals surface area (Å²) in [6, 6.07) is 5.72. The lowest BCUT2D eigenvalue weighted by atomic mass is 10.0. The van der Waals surface area contributed by atoms with Gasteiger partial charge in [0, 0.05) is 24.0 Å². The molecule has 0 bridgehead atoms. The molecule has 0 atom stereocenters. The molecule has 0 amide bonds. The van der Waals surface area contributed by atoms with E-state index in [1.165, 1.54) is 0 Å².